The third kappa shape index (κ3) is 4.59. The van der Waals surface area contributed by atoms with E-state index >= 15 is 0 Å². The maximum absolute atomic E-state index is 11.7. The Hall–Kier alpha value is -0.590. The first-order valence-electron chi connectivity index (χ1n) is 5.98. The Labute approximate surface area is 119 Å². The molecule has 0 spiro atoms. The van der Waals surface area contributed by atoms with E-state index in [9.17, 15) is 4.79 Å². The number of hydrogen-bond acceptors (Lipinski definition) is 4. The molecule has 98 valence electrons. The van der Waals surface area contributed by atoms with Gasteiger partial charge < -0.3 is 10.6 Å². The molecule has 2 rings (SSSR count). The van der Waals surface area contributed by atoms with Gasteiger partial charge in [-0.25, -0.2) is 4.98 Å². The Morgan fingerprint density at radius 1 is 1.50 bits per heavy atom. The van der Waals surface area contributed by atoms with Crippen LogP contribution >= 0.6 is 27.7 Å². The van der Waals surface area contributed by atoms with Crippen LogP contribution < -0.4 is 10.6 Å². The van der Waals surface area contributed by atoms with Crippen LogP contribution in [0.2, 0.25) is 0 Å². The fraction of sp³-hybridized carbons (Fsp3) is 0.500. The van der Waals surface area contributed by atoms with E-state index < -0.39 is 0 Å². The van der Waals surface area contributed by atoms with Gasteiger partial charge in [0.1, 0.15) is 5.82 Å². The molecule has 0 aliphatic carbocycles. The summed E-state index contributed by atoms with van der Waals surface area (Å²) in [4.78, 5) is 15.9. The van der Waals surface area contributed by atoms with E-state index in [0.29, 0.717) is 16.8 Å². The van der Waals surface area contributed by atoms with Crippen molar-refractivity contribution in [3.63, 3.8) is 0 Å². The molecule has 2 heterocycles. The van der Waals surface area contributed by atoms with Crippen molar-refractivity contribution in [2.45, 2.75) is 18.1 Å². The predicted octanol–water partition coefficient (Wildman–Crippen LogP) is 2.27. The first kappa shape index (κ1) is 13.8. The van der Waals surface area contributed by atoms with Gasteiger partial charge in [-0.15, -0.1) is 11.8 Å². The minimum Gasteiger partial charge on any atom is -0.317 e. The molecule has 1 aromatic rings. The number of carbonyl (C=O) groups is 1. The number of thioether (sulfide) groups is 1. The summed E-state index contributed by atoms with van der Waals surface area (Å²) in [6, 6.07) is 3.65. The number of anilines is 1. The molecular weight excluding hydrogens is 314 g/mol. The average Bonchev–Trinajstić information content (AvgIpc) is 2.40. The minimum absolute atomic E-state index is 0.0216. The first-order chi connectivity index (χ1) is 8.74. The third-order valence-corrected chi connectivity index (χ3v) is 4.57. The Kier molecular flexibility index (Phi) is 5.46. The van der Waals surface area contributed by atoms with Crippen molar-refractivity contribution < 1.29 is 4.79 Å². The number of pyridine rings is 1. The summed E-state index contributed by atoms with van der Waals surface area (Å²) in [5, 5.41) is 6.73. The molecule has 2 N–H and O–H groups in total. The van der Waals surface area contributed by atoms with E-state index in [-0.39, 0.29) is 5.91 Å². The number of aromatic nitrogens is 1. The molecule has 1 aliphatic heterocycles. The fourth-order valence-electron chi connectivity index (χ4n) is 1.78. The molecular formula is C12H16BrN3OS. The molecule has 1 aromatic heterocycles. The van der Waals surface area contributed by atoms with Crippen LogP contribution in [-0.4, -0.2) is 35.0 Å². The minimum atomic E-state index is 0.0216. The number of rotatable bonds is 4. The third-order valence-electron chi connectivity index (χ3n) is 2.73. The summed E-state index contributed by atoms with van der Waals surface area (Å²) in [6.07, 6.45) is 3.97. The van der Waals surface area contributed by atoms with Gasteiger partial charge in [0.15, 0.2) is 0 Å². The maximum atomic E-state index is 11.7. The first-order valence-corrected chi connectivity index (χ1v) is 7.82. The van der Waals surface area contributed by atoms with E-state index in [0.717, 1.165) is 30.4 Å². The van der Waals surface area contributed by atoms with E-state index in [1.807, 2.05) is 6.07 Å². The highest BCUT2D eigenvalue weighted by Crippen LogP contribution is 2.20. The van der Waals surface area contributed by atoms with Crippen LogP contribution in [0.25, 0.3) is 0 Å². The molecule has 1 amide bonds. The van der Waals surface area contributed by atoms with Crippen LogP contribution in [0.4, 0.5) is 5.82 Å². The number of amides is 1. The summed E-state index contributed by atoms with van der Waals surface area (Å²) in [6.45, 7) is 2.13. The number of halogens is 1. The van der Waals surface area contributed by atoms with Gasteiger partial charge in [-0.1, -0.05) is 0 Å². The molecule has 0 radical (unpaired) electrons. The Balaban J connectivity index is 1.73. The van der Waals surface area contributed by atoms with Gasteiger partial charge in [-0.3, -0.25) is 4.79 Å². The zero-order valence-electron chi connectivity index (χ0n) is 9.99. The van der Waals surface area contributed by atoms with Crippen molar-refractivity contribution in [1.29, 1.82) is 0 Å². The largest absolute Gasteiger partial charge is 0.317 e. The van der Waals surface area contributed by atoms with Crippen molar-refractivity contribution in [1.82, 2.24) is 10.3 Å². The van der Waals surface area contributed by atoms with Crippen LogP contribution in [-0.2, 0) is 4.79 Å². The number of nitrogens with one attached hydrogen (secondary N) is 2. The Bertz CT molecular complexity index is 393. The zero-order valence-corrected chi connectivity index (χ0v) is 12.4. The standard InChI is InChI=1S/C12H16BrN3OS/c13-9-1-2-11(15-7-9)16-12(17)8-18-10-3-5-14-6-4-10/h1-2,7,10,14H,3-6,8H2,(H,15,16,17). The molecule has 0 unspecified atom stereocenters. The Morgan fingerprint density at radius 2 is 2.28 bits per heavy atom. The van der Waals surface area contributed by atoms with Gasteiger partial charge in [0.05, 0.1) is 5.75 Å². The molecule has 0 aromatic carbocycles. The summed E-state index contributed by atoms with van der Waals surface area (Å²) in [5.41, 5.74) is 0. The number of hydrogen-bond donors (Lipinski definition) is 2. The second-order valence-corrected chi connectivity index (χ2v) is 6.37. The molecule has 6 heteroatoms. The van der Waals surface area contributed by atoms with E-state index in [4.69, 9.17) is 0 Å². The van der Waals surface area contributed by atoms with Crippen LogP contribution in [0.1, 0.15) is 12.8 Å². The fourth-order valence-corrected chi connectivity index (χ4v) is 3.05. The van der Waals surface area contributed by atoms with E-state index in [2.05, 4.69) is 31.5 Å². The van der Waals surface area contributed by atoms with Crippen molar-refractivity contribution in [2.24, 2.45) is 0 Å². The lowest BCUT2D eigenvalue weighted by Gasteiger charge is -2.21. The molecule has 18 heavy (non-hydrogen) atoms. The second kappa shape index (κ2) is 7.11. The molecule has 0 bridgehead atoms. The van der Waals surface area contributed by atoms with Crippen LogP contribution in [0.5, 0.6) is 0 Å². The maximum Gasteiger partial charge on any atom is 0.235 e. The SMILES string of the molecule is O=C(CSC1CCNCC1)Nc1ccc(Br)cn1. The zero-order chi connectivity index (χ0) is 12.8. The van der Waals surface area contributed by atoms with Gasteiger partial charge in [0.2, 0.25) is 5.91 Å². The average molecular weight is 330 g/mol. The quantitative estimate of drug-likeness (QED) is 0.889. The number of carbonyl (C=O) groups excluding carboxylic acids is 1. The normalized spacial score (nSPS) is 16.5. The van der Waals surface area contributed by atoms with Gasteiger partial charge in [0, 0.05) is 15.9 Å². The lowest BCUT2D eigenvalue weighted by atomic mass is 10.2. The van der Waals surface area contributed by atoms with Crippen molar-refractivity contribution in [3.8, 4) is 0 Å². The molecule has 0 saturated carbocycles. The number of piperidine rings is 1. The summed E-state index contributed by atoms with van der Waals surface area (Å²) < 4.78 is 0.907. The van der Waals surface area contributed by atoms with Gasteiger partial charge >= 0.3 is 0 Å². The van der Waals surface area contributed by atoms with Gasteiger partial charge in [-0.05, 0) is 54.0 Å². The Morgan fingerprint density at radius 3 is 2.94 bits per heavy atom. The number of nitrogens with zero attached hydrogens (tertiary/aromatic N) is 1. The van der Waals surface area contributed by atoms with Crippen LogP contribution in [0.15, 0.2) is 22.8 Å². The van der Waals surface area contributed by atoms with Gasteiger partial charge in [-0.2, -0.15) is 0 Å². The summed E-state index contributed by atoms with van der Waals surface area (Å²) in [7, 11) is 0. The van der Waals surface area contributed by atoms with Crippen LogP contribution in [0.3, 0.4) is 0 Å². The lowest BCUT2D eigenvalue weighted by Crippen LogP contribution is -2.30. The molecule has 1 fully saturated rings. The summed E-state index contributed by atoms with van der Waals surface area (Å²) >= 11 is 5.05. The summed E-state index contributed by atoms with van der Waals surface area (Å²) in [5.74, 6) is 1.13. The predicted molar refractivity (Wildman–Crippen MR) is 78.9 cm³/mol. The molecule has 1 aliphatic rings. The van der Waals surface area contributed by atoms with Gasteiger partial charge in [0.25, 0.3) is 0 Å². The smallest absolute Gasteiger partial charge is 0.235 e. The van der Waals surface area contributed by atoms with E-state index in [1.165, 1.54) is 0 Å². The highest BCUT2D eigenvalue weighted by Gasteiger charge is 2.15. The van der Waals surface area contributed by atoms with Crippen molar-refractivity contribution >= 4 is 39.4 Å². The van der Waals surface area contributed by atoms with Crippen LogP contribution in [0, 0.1) is 0 Å². The van der Waals surface area contributed by atoms with E-state index in [1.54, 1.807) is 24.0 Å². The molecule has 1 saturated heterocycles. The monoisotopic (exact) mass is 329 g/mol. The lowest BCUT2D eigenvalue weighted by molar-refractivity contribution is -0.113. The van der Waals surface area contributed by atoms with Crippen molar-refractivity contribution in [2.75, 3.05) is 24.2 Å². The molecule has 4 nitrogen and oxygen atoms in total. The highest BCUT2D eigenvalue weighted by atomic mass is 79.9. The second-order valence-electron chi connectivity index (χ2n) is 4.17. The van der Waals surface area contributed by atoms with Crippen molar-refractivity contribution in [3.05, 3.63) is 22.8 Å². The highest BCUT2D eigenvalue weighted by molar-refractivity contribution is 9.10. The topological polar surface area (TPSA) is 54.0 Å². The molecule has 0 atom stereocenters.